The molecule has 1 heterocycles. The molecule has 3 aromatic carbocycles. The number of thioether (sulfide) groups is 1. The van der Waals surface area contributed by atoms with Crippen molar-refractivity contribution in [1.29, 1.82) is 0 Å². The molecule has 1 N–H and O–H groups in total. The van der Waals surface area contributed by atoms with Gasteiger partial charge in [0.25, 0.3) is 0 Å². The Morgan fingerprint density at radius 2 is 1.62 bits per heavy atom. The molecule has 0 aliphatic carbocycles. The third-order valence-electron chi connectivity index (χ3n) is 5.39. The van der Waals surface area contributed by atoms with Crippen molar-refractivity contribution in [3.8, 4) is 0 Å². The number of carbonyl (C=O) groups is 1. The van der Waals surface area contributed by atoms with E-state index < -0.39 is 11.6 Å². The molecule has 3 aromatic rings. The quantitative estimate of drug-likeness (QED) is 0.510. The molecule has 32 heavy (non-hydrogen) atoms. The van der Waals surface area contributed by atoms with Crippen LogP contribution in [0.15, 0.2) is 77.7 Å². The van der Waals surface area contributed by atoms with Gasteiger partial charge in [-0.1, -0.05) is 30.3 Å². The molecule has 7 heteroatoms. The fourth-order valence-electron chi connectivity index (χ4n) is 3.69. The largest absolute Gasteiger partial charge is 0.369 e. The van der Waals surface area contributed by atoms with Crippen molar-refractivity contribution < 1.29 is 13.6 Å². The lowest BCUT2D eigenvalue weighted by Gasteiger charge is -2.36. The van der Waals surface area contributed by atoms with Gasteiger partial charge in [-0.05, 0) is 42.0 Å². The zero-order valence-electron chi connectivity index (χ0n) is 17.6. The molecule has 4 rings (SSSR count). The second kappa shape index (κ2) is 10.6. The van der Waals surface area contributed by atoms with Crippen molar-refractivity contribution in [1.82, 2.24) is 4.90 Å². The normalized spacial score (nSPS) is 14.4. The summed E-state index contributed by atoms with van der Waals surface area (Å²) in [5, 5.41) is 2.82. The van der Waals surface area contributed by atoms with E-state index in [1.807, 2.05) is 30.3 Å². The van der Waals surface area contributed by atoms with E-state index in [9.17, 15) is 13.6 Å². The van der Waals surface area contributed by atoms with Gasteiger partial charge in [0, 0.05) is 55.1 Å². The molecule has 0 unspecified atom stereocenters. The first kappa shape index (κ1) is 22.3. The number of nitrogens with one attached hydrogen (secondary N) is 1. The summed E-state index contributed by atoms with van der Waals surface area (Å²) in [5.74, 6) is -1.47. The van der Waals surface area contributed by atoms with Crippen LogP contribution < -0.4 is 10.2 Å². The van der Waals surface area contributed by atoms with Gasteiger partial charge in [-0.25, -0.2) is 8.78 Å². The lowest BCUT2D eigenvalue weighted by Crippen LogP contribution is -2.45. The second-order valence-electron chi connectivity index (χ2n) is 7.71. The van der Waals surface area contributed by atoms with Crippen LogP contribution in [0.25, 0.3) is 0 Å². The van der Waals surface area contributed by atoms with Crippen molar-refractivity contribution in [2.75, 3.05) is 42.1 Å². The van der Waals surface area contributed by atoms with Gasteiger partial charge < -0.3 is 10.2 Å². The highest BCUT2D eigenvalue weighted by Gasteiger charge is 2.17. The smallest absolute Gasteiger partial charge is 0.234 e. The summed E-state index contributed by atoms with van der Waals surface area (Å²) >= 11 is 1.04. The molecule has 166 valence electrons. The number of hydrogen-bond donors (Lipinski definition) is 1. The van der Waals surface area contributed by atoms with E-state index in [2.05, 4.69) is 39.4 Å². The molecule has 0 radical (unpaired) electrons. The average Bonchev–Trinajstić information content (AvgIpc) is 2.80. The molecule has 0 spiro atoms. The highest BCUT2D eigenvalue weighted by atomic mass is 32.2. The summed E-state index contributed by atoms with van der Waals surface area (Å²) in [6, 6.07) is 21.6. The molecule has 0 atom stereocenters. The molecule has 1 aliphatic rings. The van der Waals surface area contributed by atoms with E-state index in [4.69, 9.17) is 0 Å². The maximum atomic E-state index is 13.7. The Kier molecular flexibility index (Phi) is 7.39. The lowest BCUT2D eigenvalue weighted by molar-refractivity contribution is -0.113. The topological polar surface area (TPSA) is 35.6 Å². The van der Waals surface area contributed by atoms with Gasteiger partial charge in [0.2, 0.25) is 5.91 Å². The second-order valence-corrected chi connectivity index (χ2v) is 8.72. The van der Waals surface area contributed by atoms with Crippen LogP contribution in [0.4, 0.5) is 20.2 Å². The third kappa shape index (κ3) is 6.08. The average molecular weight is 454 g/mol. The number of nitrogens with zero attached hydrogens (tertiary/aromatic N) is 2. The van der Waals surface area contributed by atoms with Gasteiger partial charge in [-0.3, -0.25) is 9.69 Å². The molecule has 4 nitrogen and oxygen atoms in total. The minimum atomic E-state index is -0.656. The summed E-state index contributed by atoms with van der Waals surface area (Å²) in [6.07, 6.45) is 0. The highest BCUT2D eigenvalue weighted by Crippen LogP contribution is 2.23. The highest BCUT2D eigenvalue weighted by molar-refractivity contribution is 8.00. The Bertz CT molecular complexity index is 1040. The van der Waals surface area contributed by atoms with Crippen LogP contribution in [-0.4, -0.2) is 42.7 Å². The fourth-order valence-corrected chi connectivity index (χ4v) is 4.41. The molecular weight excluding hydrogens is 428 g/mol. The molecule has 1 amide bonds. The van der Waals surface area contributed by atoms with E-state index >= 15 is 0 Å². The number of amides is 1. The maximum absolute atomic E-state index is 13.7. The van der Waals surface area contributed by atoms with Crippen LogP contribution in [0.1, 0.15) is 5.56 Å². The van der Waals surface area contributed by atoms with E-state index in [0.717, 1.165) is 56.2 Å². The van der Waals surface area contributed by atoms with E-state index in [0.29, 0.717) is 5.69 Å². The van der Waals surface area contributed by atoms with Gasteiger partial charge >= 0.3 is 0 Å². The van der Waals surface area contributed by atoms with Gasteiger partial charge in [0.1, 0.15) is 11.6 Å². The van der Waals surface area contributed by atoms with E-state index in [1.54, 1.807) is 0 Å². The molecule has 0 saturated carbocycles. The van der Waals surface area contributed by atoms with E-state index in [-0.39, 0.29) is 16.6 Å². The fraction of sp³-hybridized carbons (Fsp3) is 0.240. The zero-order valence-corrected chi connectivity index (χ0v) is 18.5. The monoisotopic (exact) mass is 453 g/mol. The number of hydrogen-bond acceptors (Lipinski definition) is 4. The van der Waals surface area contributed by atoms with Crippen LogP contribution >= 0.6 is 11.8 Å². The Morgan fingerprint density at radius 3 is 2.31 bits per heavy atom. The first-order valence-electron chi connectivity index (χ1n) is 10.6. The standard InChI is InChI=1S/C25H25F2N3OS/c26-20-6-11-24(23(27)16-20)32-18-25(31)28-21-7-9-22(10-8-21)30-14-12-29(13-15-30)17-19-4-2-1-3-5-19/h1-11,16H,12-15,17-18H2,(H,28,31). The maximum Gasteiger partial charge on any atom is 0.234 e. The van der Waals surface area contributed by atoms with Gasteiger partial charge in [0.05, 0.1) is 5.75 Å². The molecule has 1 fully saturated rings. The zero-order chi connectivity index (χ0) is 22.3. The Balaban J connectivity index is 1.24. The predicted molar refractivity (Wildman–Crippen MR) is 126 cm³/mol. The number of piperazine rings is 1. The molecule has 0 bridgehead atoms. The number of rotatable bonds is 7. The van der Waals surface area contributed by atoms with Gasteiger partial charge in [-0.15, -0.1) is 11.8 Å². The van der Waals surface area contributed by atoms with E-state index in [1.165, 1.54) is 17.7 Å². The van der Waals surface area contributed by atoms with Crippen molar-refractivity contribution in [3.05, 3.63) is 90.0 Å². The molecule has 0 aromatic heterocycles. The number of halogens is 2. The molecular formula is C25H25F2N3OS. The lowest BCUT2D eigenvalue weighted by atomic mass is 10.2. The van der Waals surface area contributed by atoms with Crippen LogP contribution in [0, 0.1) is 11.6 Å². The minimum absolute atomic E-state index is 0.0493. The summed E-state index contributed by atoms with van der Waals surface area (Å²) < 4.78 is 26.7. The van der Waals surface area contributed by atoms with Crippen LogP contribution in [-0.2, 0) is 11.3 Å². The van der Waals surface area contributed by atoms with Gasteiger partial charge in [0.15, 0.2) is 0 Å². The SMILES string of the molecule is O=C(CSc1ccc(F)cc1F)Nc1ccc(N2CCN(Cc3ccccc3)CC2)cc1. The summed E-state index contributed by atoms with van der Waals surface area (Å²) in [7, 11) is 0. The molecule has 1 aliphatic heterocycles. The number of benzene rings is 3. The van der Waals surface area contributed by atoms with Crippen molar-refractivity contribution in [3.63, 3.8) is 0 Å². The van der Waals surface area contributed by atoms with Crippen LogP contribution in [0.2, 0.25) is 0 Å². The first-order valence-corrected chi connectivity index (χ1v) is 11.5. The summed E-state index contributed by atoms with van der Waals surface area (Å²) in [4.78, 5) is 17.3. The summed E-state index contributed by atoms with van der Waals surface area (Å²) in [5.41, 5.74) is 3.16. The Morgan fingerprint density at radius 1 is 0.906 bits per heavy atom. The first-order chi connectivity index (χ1) is 15.6. The Labute approximate surface area is 191 Å². The minimum Gasteiger partial charge on any atom is -0.369 e. The van der Waals surface area contributed by atoms with Crippen molar-refractivity contribution in [2.24, 2.45) is 0 Å². The van der Waals surface area contributed by atoms with Crippen LogP contribution in [0.5, 0.6) is 0 Å². The number of carbonyl (C=O) groups excluding carboxylic acids is 1. The van der Waals surface area contributed by atoms with Crippen LogP contribution in [0.3, 0.4) is 0 Å². The third-order valence-corrected chi connectivity index (χ3v) is 6.44. The van der Waals surface area contributed by atoms with Crippen molar-refractivity contribution >= 4 is 29.0 Å². The van der Waals surface area contributed by atoms with Gasteiger partial charge in [-0.2, -0.15) is 0 Å². The summed E-state index contributed by atoms with van der Waals surface area (Å²) in [6.45, 7) is 4.89. The Hall–Kier alpha value is -2.90. The van der Waals surface area contributed by atoms with Crippen molar-refractivity contribution in [2.45, 2.75) is 11.4 Å². The molecule has 1 saturated heterocycles. The number of anilines is 2. The predicted octanol–water partition coefficient (Wildman–Crippen LogP) is 5.02.